The standard InChI is InChI=1S/C25H39N3O6/c1-6-16-13-25(16,22(31)33-5)27-20(29)18-8-7-9-28(18)21(30)19(24(2,3)4)26-23(32)34-17-11-14-10-15(14)12-17/h14-19H,6-13H2,1-5H3,(H,26,32)(H,27,29)/t14-,15+,16-,17?,18+,19-,25-/m1/s1. The molecule has 1 heterocycles. The van der Waals surface area contributed by atoms with Crippen LogP contribution in [0, 0.1) is 23.2 Å². The number of esters is 1. The number of fused-ring (bicyclic) bond motifs is 1. The van der Waals surface area contributed by atoms with Gasteiger partial charge >= 0.3 is 12.1 Å². The van der Waals surface area contributed by atoms with Crippen LogP contribution in [0.3, 0.4) is 0 Å². The zero-order chi connectivity index (χ0) is 24.8. The lowest BCUT2D eigenvalue weighted by molar-refractivity contribution is -0.148. The van der Waals surface area contributed by atoms with Gasteiger partial charge in [0.1, 0.15) is 23.7 Å². The molecule has 7 atom stereocenters. The third-order valence-electron chi connectivity index (χ3n) is 8.18. The zero-order valence-electron chi connectivity index (χ0n) is 21.0. The van der Waals surface area contributed by atoms with E-state index in [-0.39, 0.29) is 23.8 Å². The van der Waals surface area contributed by atoms with Crippen LogP contribution in [0.15, 0.2) is 0 Å². The third-order valence-corrected chi connectivity index (χ3v) is 8.18. The maximum absolute atomic E-state index is 13.6. The average Bonchev–Trinajstić information content (AvgIpc) is 3.55. The van der Waals surface area contributed by atoms with Crippen molar-refractivity contribution in [3.05, 3.63) is 0 Å². The summed E-state index contributed by atoms with van der Waals surface area (Å²) in [6.45, 7) is 8.05. The fraction of sp³-hybridized carbons (Fsp3) is 0.840. The highest BCUT2D eigenvalue weighted by molar-refractivity contribution is 5.96. The summed E-state index contributed by atoms with van der Waals surface area (Å²) >= 11 is 0. The molecule has 1 aliphatic heterocycles. The highest BCUT2D eigenvalue weighted by Crippen LogP contribution is 2.52. The Bertz CT molecular complexity index is 844. The van der Waals surface area contributed by atoms with Crippen LogP contribution in [0.4, 0.5) is 4.79 Å². The van der Waals surface area contributed by atoms with E-state index >= 15 is 0 Å². The monoisotopic (exact) mass is 477 g/mol. The van der Waals surface area contributed by atoms with Crippen molar-refractivity contribution in [2.45, 2.75) is 96.4 Å². The van der Waals surface area contributed by atoms with E-state index in [1.54, 1.807) is 4.90 Å². The Hall–Kier alpha value is -2.32. The van der Waals surface area contributed by atoms with E-state index in [0.717, 1.165) is 19.3 Å². The first-order valence-electron chi connectivity index (χ1n) is 12.7. The van der Waals surface area contributed by atoms with Crippen molar-refractivity contribution in [3.8, 4) is 0 Å². The highest BCUT2D eigenvalue weighted by Gasteiger charge is 2.62. The van der Waals surface area contributed by atoms with Gasteiger partial charge in [0.2, 0.25) is 11.8 Å². The molecule has 0 aromatic rings. The summed E-state index contributed by atoms with van der Waals surface area (Å²) in [4.78, 5) is 53.4. The van der Waals surface area contributed by atoms with Crippen LogP contribution < -0.4 is 10.6 Å². The molecule has 0 bridgehead atoms. The Labute approximate surface area is 201 Å². The molecule has 0 aromatic heterocycles. The van der Waals surface area contributed by atoms with Gasteiger partial charge in [-0.05, 0) is 61.7 Å². The van der Waals surface area contributed by atoms with Crippen molar-refractivity contribution >= 4 is 23.9 Å². The van der Waals surface area contributed by atoms with Gasteiger partial charge in [-0.15, -0.1) is 0 Å². The van der Waals surface area contributed by atoms with Gasteiger partial charge in [0.05, 0.1) is 7.11 Å². The van der Waals surface area contributed by atoms with Crippen LogP contribution in [0.2, 0.25) is 0 Å². The fourth-order valence-corrected chi connectivity index (χ4v) is 5.94. The first-order chi connectivity index (χ1) is 16.0. The second kappa shape index (κ2) is 9.04. The van der Waals surface area contributed by atoms with Gasteiger partial charge in [0.25, 0.3) is 0 Å². The number of likely N-dealkylation sites (tertiary alicyclic amines) is 1. The van der Waals surface area contributed by atoms with Crippen LogP contribution in [-0.2, 0) is 23.9 Å². The fourth-order valence-electron chi connectivity index (χ4n) is 5.94. The minimum atomic E-state index is -0.995. The summed E-state index contributed by atoms with van der Waals surface area (Å²) in [6.07, 6.45) is 4.88. The van der Waals surface area contributed by atoms with Crippen LogP contribution in [0.5, 0.6) is 0 Å². The molecule has 9 heteroatoms. The Morgan fingerprint density at radius 3 is 2.35 bits per heavy atom. The molecule has 3 amide bonds. The zero-order valence-corrected chi connectivity index (χ0v) is 21.0. The highest BCUT2D eigenvalue weighted by atomic mass is 16.6. The molecule has 190 valence electrons. The quantitative estimate of drug-likeness (QED) is 0.544. The van der Waals surface area contributed by atoms with Crippen molar-refractivity contribution in [1.82, 2.24) is 15.5 Å². The number of alkyl carbamates (subject to hydrolysis) is 1. The number of carbonyl (C=O) groups is 4. The average molecular weight is 478 g/mol. The van der Waals surface area contributed by atoms with Gasteiger partial charge < -0.3 is 25.0 Å². The molecule has 0 spiro atoms. The van der Waals surface area contributed by atoms with E-state index in [0.29, 0.717) is 37.6 Å². The lowest BCUT2D eigenvalue weighted by Gasteiger charge is -2.35. The Morgan fingerprint density at radius 1 is 1.12 bits per heavy atom. The summed E-state index contributed by atoms with van der Waals surface area (Å²) in [6, 6.07) is -1.51. The number of rotatable bonds is 7. The number of hydrogen-bond donors (Lipinski definition) is 2. The van der Waals surface area contributed by atoms with Crippen molar-refractivity contribution in [2.24, 2.45) is 23.2 Å². The lowest BCUT2D eigenvalue weighted by Crippen LogP contribution is -2.59. The summed E-state index contributed by atoms with van der Waals surface area (Å²) in [5, 5.41) is 5.70. The summed E-state index contributed by atoms with van der Waals surface area (Å²) < 4.78 is 10.6. The molecule has 4 fully saturated rings. The molecule has 3 aliphatic carbocycles. The molecular formula is C25H39N3O6. The molecule has 2 N–H and O–H groups in total. The van der Waals surface area contributed by atoms with E-state index in [4.69, 9.17) is 9.47 Å². The van der Waals surface area contributed by atoms with E-state index < -0.39 is 35.1 Å². The Kier molecular flexibility index (Phi) is 6.59. The van der Waals surface area contributed by atoms with Crippen molar-refractivity contribution < 1.29 is 28.7 Å². The van der Waals surface area contributed by atoms with Crippen LogP contribution in [0.1, 0.15) is 72.6 Å². The first kappa shape index (κ1) is 24.8. The number of nitrogens with zero attached hydrogens (tertiary/aromatic N) is 1. The van der Waals surface area contributed by atoms with Crippen LogP contribution in [-0.4, -0.2) is 66.2 Å². The molecule has 4 rings (SSSR count). The summed E-state index contributed by atoms with van der Waals surface area (Å²) in [7, 11) is 1.32. The second-order valence-corrected chi connectivity index (χ2v) is 11.6. The SMILES string of the molecule is CC[C@@H]1C[C@]1(NC(=O)[C@@H]1CCCN1C(=O)[C@@H](NC(=O)OC1C[C@@H]2C[C@@H]2C1)C(C)(C)C)C(=O)OC. The maximum Gasteiger partial charge on any atom is 0.408 e. The molecule has 3 saturated carbocycles. The number of amides is 3. The van der Waals surface area contributed by atoms with E-state index in [9.17, 15) is 19.2 Å². The van der Waals surface area contributed by atoms with Gasteiger partial charge in [0, 0.05) is 6.54 Å². The van der Waals surface area contributed by atoms with Crippen molar-refractivity contribution in [1.29, 1.82) is 0 Å². The number of carbonyl (C=O) groups excluding carboxylic acids is 4. The third kappa shape index (κ3) is 4.75. The number of hydrogen-bond acceptors (Lipinski definition) is 6. The first-order valence-corrected chi connectivity index (χ1v) is 12.7. The Morgan fingerprint density at radius 2 is 1.79 bits per heavy atom. The normalized spacial score (nSPS) is 34.6. The minimum absolute atomic E-state index is 0.0369. The van der Waals surface area contributed by atoms with Crippen molar-refractivity contribution in [2.75, 3.05) is 13.7 Å². The minimum Gasteiger partial charge on any atom is -0.467 e. The van der Waals surface area contributed by atoms with Gasteiger partial charge in [-0.25, -0.2) is 9.59 Å². The van der Waals surface area contributed by atoms with E-state index in [2.05, 4.69) is 10.6 Å². The molecule has 1 unspecified atom stereocenters. The number of ether oxygens (including phenoxy) is 2. The molecule has 4 aliphatic rings. The smallest absolute Gasteiger partial charge is 0.408 e. The molecular weight excluding hydrogens is 438 g/mol. The maximum atomic E-state index is 13.6. The Balaban J connectivity index is 1.41. The van der Waals surface area contributed by atoms with Gasteiger partial charge in [-0.1, -0.05) is 34.1 Å². The van der Waals surface area contributed by atoms with Crippen molar-refractivity contribution in [3.63, 3.8) is 0 Å². The molecule has 9 nitrogen and oxygen atoms in total. The lowest BCUT2D eigenvalue weighted by atomic mass is 9.85. The number of methoxy groups -OCH3 is 1. The largest absolute Gasteiger partial charge is 0.467 e. The van der Waals surface area contributed by atoms with Crippen LogP contribution in [0.25, 0.3) is 0 Å². The molecule has 0 aromatic carbocycles. The van der Waals surface area contributed by atoms with Gasteiger partial charge in [-0.2, -0.15) is 0 Å². The predicted molar refractivity (Wildman–Crippen MR) is 124 cm³/mol. The van der Waals surface area contributed by atoms with E-state index in [1.165, 1.54) is 13.5 Å². The molecule has 0 radical (unpaired) electrons. The second-order valence-electron chi connectivity index (χ2n) is 11.6. The predicted octanol–water partition coefficient (Wildman–Crippen LogP) is 2.37. The van der Waals surface area contributed by atoms with Gasteiger partial charge in [0.15, 0.2) is 0 Å². The van der Waals surface area contributed by atoms with Crippen LogP contribution >= 0.6 is 0 Å². The topological polar surface area (TPSA) is 114 Å². The van der Waals surface area contributed by atoms with Gasteiger partial charge in [-0.3, -0.25) is 9.59 Å². The van der Waals surface area contributed by atoms with E-state index in [1.807, 2.05) is 27.7 Å². The molecule has 1 saturated heterocycles. The summed E-state index contributed by atoms with van der Waals surface area (Å²) in [5.74, 6) is 0.335. The molecule has 34 heavy (non-hydrogen) atoms. The summed E-state index contributed by atoms with van der Waals surface area (Å²) in [5.41, 5.74) is -1.57. The number of nitrogens with one attached hydrogen (secondary N) is 2.